The van der Waals surface area contributed by atoms with Crippen molar-refractivity contribution in [3.05, 3.63) is 96.1 Å². The Morgan fingerprint density at radius 3 is 2.34 bits per heavy atom. The first-order valence-corrected chi connectivity index (χ1v) is 12.9. The maximum Gasteiger partial charge on any atom is 0.339 e. The number of nitrogens with zero attached hydrogens (tertiary/aromatic N) is 1. The van der Waals surface area contributed by atoms with Crippen LogP contribution in [0.15, 0.2) is 84.9 Å². The first-order valence-electron chi connectivity index (χ1n) is 12.1. The molecule has 190 valence electrons. The number of hydrogen-bond acceptors (Lipinski definition) is 7. The molecule has 1 N–H and O–H groups in total. The van der Waals surface area contributed by atoms with Crippen molar-refractivity contribution in [3.8, 4) is 10.6 Å². The molecule has 5 rings (SSSR count). The molecule has 7 nitrogen and oxygen atoms in total. The first-order chi connectivity index (χ1) is 18.5. The predicted octanol–water partition coefficient (Wildman–Crippen LogP) is 6.48. The van der Waals surface area contributed by atoms with Crippen molar-refractivity contribution in [2.24, 2.45) is 0 Å². The minimum Gasteiger partial charge on any atom is -0.465 e. The van der Waals surface area contributed by atoms with Gasteiger partial charge in [-0.3, -0.25) is 4.79 Å². The molecule has 1 aromatic heterocycles. The van der Waals surface area contributed by atoms with Gasteiger partial charge in [-0.05, 0) is 42.1 Å². The Morgan fingerprint density at radius 1 is 0.868 bits per heavy atom. The van der Waals surface area contributed by atoms with Gasteiger partial charge in [0.1, 0.15) is 5.01 Å². The highest BCUT2D eigenvalue weighted by molar-refractivity contribution is 7.21. The van der Waals surface area contributed by atoms with Crippen LogP contribution in [0.2, 0.25) is 0 Å². The van der Waals surface area contributed by atoms with Gasteiger partial charge in [0.15, 0.2) is 6.10 Å². The fourth-order valence-electron chi connectivity index (χ4n) is 4.28. The van der Waals surface area contributed by atoms with Crippen LogP contribution in [0.4, 0.5) is 5.69 Å². The van der Waals surface area contributed by atoms with Crippen LogP contribution in [-0.4, -0.2) is 36.0 Å². The number of aromatic nitrogens is 1. The zero-order chi connectivity index (χ0) is 26.6. The SMILES string of the molecule is CCC(OC(=O)c1cccc2cccc(-c3nc4ccccc4s3)c12)C(=O)Nc1ccccc1C(=O)OC. The molecule has 0 fully saturated rings. The Hall–Kier alpha value is -4.56. The maximum atomic E-state index is 13.5. The average molecular weight is 525 g/mol. The van der Waals surface area contributed by atoms with Crippen LogP contribution < -0.4 is 5.32 Å². The second kappa shape index (κ2) is 10.8. The number of ether oxygens (including phenoxy) is 2. The molecule has 38 heavy (non-hydrogen) atoms. The lowest BCUT2D eigenvalue weighted by Gasteiger charge is -2.18. The van der Waals surface area contributed by atoms with E-state index in [4.69, 9.17) is 14.5 Å². The molecule has 0 aliphatic carbocycles. The van der Waals surface area contributed by atoms with Gasteiger partial charge in [-0.2, -0.15) is 0 Å². The molecule has 0 bridgehead atoms. The minimum absolute atomic E-state index is 0.207. The number of esters is 2. The Kier molecular flexibility index (Phi) is 7.15. The molecule has 0 saturated carbocycles. The summed E-state index contributed by atoms with van der Waals surface area (Å²) in [6.07, 6.45) is -0.828. The number of benzene rings is 4. The van der Waals surface area contributed by atoms with Crippen molar-refractivity contribution < 1.29 is 23.9 Å². The van der Waals surface area contributed by atoms with Crippen LogP contribution in [0.25, 0.3) is 31.6 Å². The number of para-hydroxylation sites is 2. The van der Waals surface area contributed by atoms with Gasteiger partial charge in [0.05, 0.1) is 34.1 Å². The Labute approximate surface area is 223 Å². The summed E-state index contributed by atoms with van der Waals surface area (Å²) >= 11 is 1.55. The zero-order valence-electron chi connectivity index (χ0n) is 20.8. The molecule has 1 unspecified atom stereocenters. The molecule has 4 aromatic carbocycles. The summed E-state index contributed by atoms with van der Waals surface area (Å²) < 4.78 is 11.6. The van der Waals surface area contributed by atoms with Gasteiger partial charge in [0.2, 0.25) is 0 Å². The van der Waals surface area contributed by atoms with Crippen molar-refractivity contribution >= 4 is 55.9 Å². The molecule has 1 atom stereocenters. The van der Waals surface area contributed by atoms with Crippen LogP contribution in [-0.2, 0) is 14.3 Å². The highest BCUT2D eigenvalue weighted by Crippen LogP contribution is 2.36. The first kappa shape index (κ1) is 25.1. The van der Waals surface area contributed by atoms with Gasteiger partial charge in [-0.1, -0.05) is 61.5 Å². The third-order valence-corrected chi connectivity index (χ3v) is 7.22. The van der Waals surface area contributed by atoms with E-state index in [0.29, 0.717) is 10.9 Å². The fourth-order valence-corrected chi connectivity index (χ4v) is 5.28. The summed E-state index contributed by atoms with van der Waals surface area (Å²) in [6, 6.07) is 25.6. The van der Waals surface area contributed by atoms with E-state index in [1.54, 1.807) is 54.7 Å². The van der Waals surface area contributed by atoms with Gasteiger partial charge in [0.25, 0.3) is 5.91 Å². The smallest absolute Gasteiger partial charge is 0.339 e. The van der Waals surface area contributed by atoms with Crippen molar-refractivity contribution in [2.75, 3.05) is 12.4 Å². The van der Waals surface area contributed by atoms with Crippen molar-refractivity contribution in [1.29, 1.82) is 0 Å². The van der Waals surface area contributed by atoms with E-state index in [9.17, 15) is 14.4 Å². The summed E-state index contributed by atoms with van der Waals surface area (Å²) in [4.78, 5) is 43.4. The van der Waals surface area contributed by atoms with E-state index < -0.39 is 23.9 Å². The largest absolute Gasteiger partial charge is 0.465 e. The van der Waals surface area contributed by atoms with Crippen LogP contribution in [0.1, 0.15) is 34.1 Å². The second-order valence-corrected chi connectivity index (χ2v) is 9.56. The highest BCUT2D eigenvalue weighted by Gasteiger charge is 2.25. The Morgan fingerprint density at radius 2 is 1.58 bits per heavy atom. The normalized spacial score (nSPS) is 11.7. The van der Waals surface area contributed by atoms with E-state index in [-0.39, 0.29) is 17.7 Å². The number of carbonyl (C=O) groups excluding carboxylic acids is 3. The third-order valence-electron chi connectivity index (χ3n) is 6.15. The molecule has 0 aliphatic rings. The van der Waals surface area contributed by atoms with Crippen LogP contribution in [0.3, 0.4) is 0 Å². The zero-order valence-corrected chi connectivity index (χ0v) is 21.6. The second-order valence-electron chi connectivity index (χ2n) is 8.52. The van der Waals surface area contributed by atoms with Crippen molar-refractivity contribution in [2.45, 2.75) is 19.4 Å². The summed E-state index contributed by atoms with van der Waals surface area (Å²) in [5.74, 6) is -1.74. The number of rotatable bonds is 7. The lowest BCUT2D eigenvalue weighted by molar-refractivity contribution is -0.124. The maximum absolute atomic E-state index is 13.5. The third kappa shape index (κ3) is 4.86. The number of anilines is 1. The number of fused-ring (bicyclic) bond motifs is 2. The number of thiazole rings is 1. The molecule has 8 heteroatoms. The van der Waals surface area contributed by atoms with Crippen LogP contribution in [0.5, 0.6) is 0 Å². The molecular weight excluding hydrogens is 500 g/mol. The minimum atomic E-state index is -1.07. The number of hydrogen-bond donors (Lipinski definition) is 1. The lowest BCUT2D eigenvalue weighted by atomic mass is 9.99. The molecule has 0 spiro atoms. The average Bonchev–Trinajstić information content (AvgIpc) is 3.39. The fraction of sp³-hybridized carbons (Fsp3) is 0.133. The van der Waals surface area contributed by atoms with Crippen molar-refractivity contribution in [1.82, 2.24) is 4.98 Å². The number of nitrogens with one attached hydrogen (secondary N) is 1. The summed E-state index contributed by atoms with van der Waals surface area (Å²) in [7, 11) is 1.27. The number of amides is 1. The standard InChI is InChI=1S/C30H24N2O5S/c1-3-24(27(33)31-22-15-5-4-12-19(22)29(34)36-2)37-30(35)21-14-9-11-18-10-8-13-20(26(18)21)28-32-23-16-6-7-17-25(23)38-28/h4-17,24H,3H2,1-2H3,(H,31,33). The number of carbonyl (C=O) groups is 3. The van der Waals surface area contributed by atoms with E-state index in [2.05, 4.69) is 5.32 Å². The van der Waals surface area contributed by atoms with E-state index in [1.807, 2.05) is 48.5 Å². The molecule has 1 heterocycles. The van der Waals surface area contributed by atoms with Crippen molar-refractivity contribution in [3.63, 3.8) is 0 Å². The Bertz CT molecular complexity index is 1640. The summed E-state index contributed by atoms with van der Waals surface area (Å²) in [5, 5.41) is 5.07. The molecule has 0 radical (unpaired) electrons. The Balaban J connectivity index is 1.46. The van der Waals surface area contributed by atoms with Gasteiger partial charge in [-0.15, -0.1) is 11.3 Å². The monoisotopic (exact) mass is 524 g/mol. The van der Waals surface area contributed by atoms with E-state index in [0.717, 1.165) is 26.2 Å². The lowest BCUT2D eigenvalue weighted by Crippen LogP contribution is -2.32. The predicted molar refractivity (Wildman–Crippen MR) is 148 cm³/mol. The molecular formula is C30H24N2O5S. The van der Waals surface area contributed by atoms with Gasteiger partial charge in [0, 0.05) is 10.9 Å². The molecule has 1 amide bonds. The van der Waals surface area contributed by atoms with Gasteiger partial charge >= 0.3 is 11.9 Å². The van der Waals surface area contributed by atoms with E-state index >= 15 is 0 Å². The van der Waals surface area contributed by atoms with Gasteiger partial charge < -0.3 is 14.8 Å². The van der Waals surface area contributed by atoms with Crippen LogP contribution >= 0.6 is 11.3 Å². The summed E-state index contributed by atoms with van der Waals surface area (Å²) in [5.41, 5.74) is 2.54. The molecule has 0 aliphatic heterocycles. The quantitative estimate of drug-likeness (QED) is 0.245. The topological polar surface area (TPSA) is 94.6 Å². The highest BCUT2D eigenvalue weighted by atomic mass is 32.1. The summed E-state index contributed by atoms with van der Waals surface area (Å²) in [6.45, 7) is 1.75. The number of methoxy groups -OCH3 is 1. The molecule has 5 aromatic rings. The van der Waals surface area contributed by atoms with Gasteiger partial charge in [-0.25, -0.2) is 14.6 Å². The molecule has 0 saturated heterocycles. The van der Waals surface area contributed by atoms with Crippen LogP contribution in [0, 0.1) is 0 Å². The van der Waals surface area contributed by atoms with E-state index in [1.165, 1.54) is 7.11 Å².